The molecule has 2 aromatic rings. The van der Waals surface area contributed by atoms with E-state index < -0.39 is 5.60 Å². The van der Waals surface area contributed by atoms with Gasteiger partial charge in [-0.25, -0.2) is 0 Å². The number of benzene rings is 1. The van der Waals surface area contributed by atoms with E-state index in [1.165, 1.54) is 0 Å². The number of para-hydroxylation sites is 1. The molecular weight excluding hydrogens is 200 g/mol. The standard InChI is InChI=1S/C13H14N2O/c16-13(8-14-9-13)7-11-6-5-10-3-1-2-4-12(10)15-11/h1-6,14,16H,7-9H2. The number of hydrogen-bond acceptors (Lipinski definition) is 3. The predicted molar refractivity (Wildman–Crippen MR) is 63.3 cm³/mol. The van der Waals surface area contributed by atoms with Crippen LogP contribution in [-0.4, -0.2) is 28.8 Å². The van der Waals surface area contributed by atoms with E-state index in [1.54, 1.807) is 0 Å². The predicted octanol–water partition coefficient (Wildman–Crippen LogP) is 1.11. The number of fused-ring (bicyclic) bond motifs is 1. The molecule has 3 heteroatoms. The number of hydrogen-bond donors (Lipinski definition) is 2. The molecule has 1 saturated heterocycles. The van der Waals surface area contributed by atoms with Crippen LogP contribution in [0.5, 0.6) is 0 Å². The molecule has 0 atom stereocenters. The first kappa shape index (κ1) is 9.75. The molecule has 0 radical (unpaired) electrons. The van der Waals surface area contributed by atoms with Crippen LogP contribution in [0.4, 0.5) is 0 Å². The molecule has 3 rings (SSSR count). The zero-order valence-electron chi connectivity index (χ0n) is 8.98. The van der Waals surface area contributed by atoms with E-state index in [0.29, 0.717) is 19.5 Å². The summed E-state index contributed by atoms with van der Waals surface area (Å²) in [6.45, 7) is 1.34. The molecule has 2 heterocycles. The van der Waals surface area contributed by atoms with Crippen molar-refractivity contribution in [2.45, 2.75) is 12.0 Å². The van der Waals surface area contributed by atoms with Crippen molar-refractivity contribution in [3.05, 3.63) is 42.1 Å². The van der Waals surface area contributed by atoms with Gasteiger partial charge in [-0.05, 0) is 12.1 Å². The molecule has 1 aliphatic heterocycles. The maximum absolute atomic E-state index is 10.0. The summed E-state index contributed by atoms with van der Waals surface area (Å²) in [4.78, 5) is 4.55. The zero-order valence-corrected chi connectivity index (χ0v) is 8.98. The second kappa shape index (κ2) is 3.54. The minimum absolute atomic E-state index is 0.588. The monoisotopic (exact) mass is 214 g/mol. The largest absolute Gasteiger partial charge is 0.387 e. The number of aromatic nitrogens is 1. The molecule has 0 aliphatic carbocycles. The molecule has 3 nitrogen and oxygen atoms in total. The van der Waals surface area contributed by atoms with E-state index in [1.807, 2.05) is 30.3 Å². The number of pyridine rings is 1. The van der Waals surface area contributed by atoms with E-state index in [-0.39, 0.29) is 0 Å². The summed E-state index contributed by atoms with van der Waals surface area (Å²) in [5.74, 6) is 0. The van der Waals surface area contributed by atoms with Gasteiger partial charge in [0.15, 0.2) is 0 Å². The Balaban J connectivity index is 1.93. The average Bonchev–Trinajstić information content (AvgIpc) is 2.27. The van der Waals surface area contributed by atoms with Gasteiger partial charge < -0.3 is 10.4 Å². The van der Waals surface area contributed by atoms with Crippen LogP contribution in [0.3, 0.4) is 0 Å². The number of rotatable bonds is 2. The van der Waals surface area contributed by atoms with Crippen molar-refractivity contribution in [3.8, 4) is 0 Å². The van der Waals surface area contributed by atoms with Crippen LogP contribution in [-0.2, 0) is 6.42 Å². The first-order chi connectivity index (χ1) is 7.75. The molecular formula is C13H14N2O. The number of aliphatic hydroxyl groups is 1. The van der Waals surface area contributed by atoms with Gasteiger partial charge >= 0.3 is 0 Å². The van der Waals surface area contributed by atoms with E-state index in [0.717, 1.165) is 16.6 Å². The van der Waals surface area contributed by atoms with Gasteiger partial charge in [0.1, 0.15) is 0 Å². The Morgan fingerprint density at radius 3 is 2.75 bits per heavy atom. The summed E-state index contributed by atoms with van der Waals surface area (Å²) in [6.07, 6.45) is 0.630. The van der Waals surface area contributed by atoms with Crippen LogP contribution in [0.1, 0.15) is 5.69 Å². The Kier molecular flexibility index (Phi) is 2.16. The van der Waals surface area contributed by atoms with Gasteiger partial charge in [-0.15, -0.1) is 0 Å². The molecule has 0 bridgehead atoms. The molecule has 1 aromatic heterocycles. The number of nitrogens with one attached hydrogen (secondary N) is 1. The van der Waals surface area contributed by atoms with Gasteiger partial charge in [0, 0.05) is 30.6 Å². The highest BCUT2D eigenvalue weighted by Crippen LogP contribution is 2.19. The average molecular weight is 214 g/mol. The van der Waals surface area contributed by atoms with Crippen LogP contribution in [0.25, 0.3) is 10.9 Å². The van der Waals surface area contributed by atoms with E-state index in [9.17, 15) is 5.11 Å². The second-order valence-corrected chi connectivity index (χ2v) is 4.50. The second-order valence-electron chi connectivity index (χ2n) is 4.50. The first-order valence-electron chi connectivity index (χ1n) is 5.53. The van der Waals surface area contributed by atoms with Crippen LogP contribution in [0.2, 0.25) is 0 Å². The van der Waals surface area contributed by atoms with Crippen molar-refractivity contribution >= 4 is 10.9 Å². The molecule has 0 unspecified atom stereocenters. The fourth-order valence-electron chi connectivity index (χ4n) is 2.08. The number of β-amino-alcohol motifs (C(OH)–C–C–N with tert-alkyl or cyclic N) is 1. The van der Waals surface area contributed by atoms with Crippen LogP contribution >= 0.6 is 0 Å². The van der Waals surface area contributed by atoms with Gasteiger partial charge in [-0.3, -0.25) is 4.98 Å². The van der Waals surface area contributed by atoms with E-state index in [4.69, 9.17) is 0 Å². The molecule has 0 saturated carbocycles. The highest BCUT2D eigenvalue weighted by molar-refractivity contribution is 5.78. The quantitative estimate of drug-likeness (QED) is 0.787. The van der Waals surface area contributed by atoms with E-state index in [2.05, 4.69) is 16.4 Å². The summed E-state index contributed by atoms with van der Waals surface area (Å²) in [6, 6.07) is 12.1. The lowest BCUT2D eigenvalue weighted by atomic mass is 9.91. The Hall–Kier alpha value is -1.45. The van der Waals surface area contributed by atoms with Crippen molar-refractivity contribution in [1.82, 2.24) is 10.3 Å². The Morgan fingerprint density at radius 1 is 1.19 bits per heavy atom. The lowest BCUT2D eigenvalue weighted by molar-refractivity contribution is -0.00975. The fraction of sp³-hybridized carbons (Fsp3) is 0.308. The van der Waals surface area contributed by atoms with Crippen molar-refractivity contribution in [2.24, 2.45) is 0 Å². The smallest absolute Gasteiger partial charge is 0.0950 e. The lowest BCUT2D eigenvalue weighted by Crippen LogP contribution is -2.60. The van der Waals surface area contributed by atoms with Crippen LogP contribution in [0, 0.1) is 0 Å². The van der Waals surface area contributed by atoms with Crippen molar-refractivity contribution in [2.75, 3.05) is 13.1 Å². The summed E-state index contributed by atoms with van der Waals surface area (Å²) in [7, 11) is 0. The molecule has 0 amide bonds. The molecule has 0 spiro atoms. The Morgan fingerprint density at radius 2 is 2.00 bits per heavy atom. The molecule has 1 aliphatic rings. The summed E-state index contributed by atoms with van der Waals surface area (Å²) < 4.78 is 0. The molecule has 82 valence electrons. The highest BCUT2D eigenvalue weighted by Gasteiger charge is 2.34. The summed E-state index contributed by atoms with van der Waals surface area (Å²) >= 11 is 0. The molecule has 1 fully saturated rings. The van der Waals surface area contributed by atoms with Crippen molar-refractivity contribution in [1.29, 1.82) is 0 Å². The maximum atomic E-state index is 10.0. The van der Waals surface area contributed by atoms with Crippen LogP contribution in [0.15, 0.2) is 36.4 Å². The van der Waals surface area contributed by atoms with Gasteiger partial charge in [0.05, 0.1) is 11.1 Å². The molecule has 1 aromatic carbocycles. The fourth-order valence-corrected chi connectivity index (χ4v) is 2.08. The number of nitrogens with zero attached hydrogens (tertiary/aromatic N) is 1. The first-order valence-corrected chi connectivity index (χ1v) is 5.53. The Labute approximate surface area is 94.1 Å². The van der Waals surface area contributed by atoms with Gasteiger partial charge in [-0.1, -0.05) is 24.3 Å². The third-order valence-corrected chi connectivity index (χ3v) is 3.07. The Bertz CT molecular complexity index is 520. The topological polar surface area (TPSA) is 45.2 Å². The normalized spacial score (nSPS) is 18.3. The summed E-state index contributed by atoms with van der Waals surface area (Å²) in [5, 5.41) is 14.3. The van der Waals surface area contributed by atoms with Gasteiger partial charge in [0.2, 0.25) is 0 Å². The summed E-state index contributed by atoms with van der Waals surface area (Å²) in [5.41, 5.74) is 1.37. The third kappa shape index (κ3) is 1.68. The van der Waals surface area contributed by atoms with Crippen molar-refractivity contribution < 1.29 is 5.11 Å². The van der Waals surface area contributed by atoms with E-state index >= 15 is 0 Å². The van der Waals surface area contributed by atoms with Crippen molar-refractivity contribution in [3.63, 3.8) is 0 Å². The van der Waals surface area contributed by atoms with Gasteiger partial charge in [-0.2, -0.15) is 0 Å². The lowest BCUT2D eigenvalue weighted by Gasteiger charge is -2.37. The van der Waals surface area contributed by atoms with Crippen LogP contribution < -0.4 is 5.32 Å². The minimum atomic E-state index is -0.588. The molecule has 16 heavy (non-hydrogen) atoms. The third-order valence-electron chi connectivity index (χ3n) is 3.07. The molecule has 2 N–H and O–H groups in total. The maximum Gasteiger partial charge on any atom is 0.0950 e. The SMILES string of the molecule is OC1(Cc2ccc3ccccc3n2)CNC1. The zero-order chi connectivity index (χ0) is 11.0. The highest BCUT2D eigenvalue weighted by atomic mass is 16.3. The van der Waals surface area contributed by atoms with Gasteiger partial charge in [0.25, 0.3) is 0 Å². The minimum Gasteiger partial charge on any atom is -0.387 e.